The van der Waals surface area contributed by atoms with Crippen molar-refractivity contribution < 1.29 is 18.5 Å². The van der Waals surface area contributed by atoms with Gasteiger partial charge in [0.2, 0.25) is 11.6 Å². The number of hydrogen-bond acceptors (Lipinski definition) is 5. The molecule has 0 fully saturated rings. The molecule has 0 saturated heterocycles. The van der Waals surface area contributed by atoms with Crippen LogP contribution in [0, 0.1) is 30.9 Å². The van der Waals surface area contributed by atoms with Gasteiger partial charge in [-0.1, -0.05) is 11.6 Å². The molecular weight excluding hydrogens is 386 g/mol. The van der Waals surface area contributed by atoms with Crippen molar-refractivity contribution >= 4 is 23.2 Å². The summed E-state index contributed by atoms with van der Waals surface area (Å²) in [6, 6.07) is 0. The number of carbonyl (C=O) groups excluding carboxylic acids is 1. The lowest BCUT2D eigenvalue weighted by Gasteiger charge is -2.07. The highest BCUT2D eigenvalue weighted by Gasteiger charge is 2.31. The van der Waals surface area contributed by atoms with E-state index in [2.05, 4.69) is 15.5 Å². The van der Waals surface area contributed by atoms with Crippen LogP contribution in [0.1, 0.15) is 35.6 Å². The Kier molecular flexibility index (Phi) is 6.47. The van der Waals surface area contributed by atoms with Crippen molar-refractivity contribution in [1.82, 2.24) is 24.9 Å². The number of nitro groups is 1. The third-order valence-corrected chi connectivity index (χ3v) is 4.59. The molecule has 0 atom stereocenters. The number of amides is 1. The van der Waals surface area contributed by atoms with Gasteiger partial charge in [0.05, 0.1) is 21.3 Å². The number of alkyl halides is 2. The van der Waals surface area contributed by atoms with E-state index in [4.69, 9.17) is 11.6 Å². The molecule has 2 rings (SSSR count). The third-order valence-electron chi connectivity index (χ3n) is 4.05. The first kappa shape index (κ1) is 20.7. The molecule has 148 valence electrons. The zero-order valence-corrected chi connectivity index (χ0v) is 15.8. The summed E-state index contributed by atoms with van der Waals surface area (Å²) < 4.78 is 28.4. The topological polar surface area (TPSA) is 108 Å². The van der Waals surface area contributed by atoms with Crippen LogP contribution in [0.15, 0.2) is 0 Å². The highest BCUT2D eigenvalue weighted by atomic mass is 35.5. The van der Waals surface area contributed by atoms with Crippen LogP contribution in [0.5, 0.6) is 0 Å². The molecular formula is C15H19ClF2N6O3. The van der Waals surface area contributed by atoms with Gasteiger partial charge in [0.15, 0.2) is 0 Å². The Morgan fingerprint density at radius 1 is 1.26 bits per heavy atom. The van der Waals surface area contributed by atoms with E-state index < -0.39 is 28.6 Å². The lowest BCUT2D eigenvalue weighted by molar-refractivity contribution is -0.386. The second-order valence-electron chi connectivity index (χ2n) is 5.95. The van der Waals surface area contributed by atoms with Crippen molar-refractivity contribution in [3.63, 3.8) is 0 Å². The molecule has 0 aliphatic heterocycles. The molecule has 9 nitrogen and oxygen atoms in total. The maximum Gasteiger partial charge on any atom is 0.319 e. The monoisotopic (exact) mass is 404 g/mol. The molecule has 0 aliphatic rings. The fraction of sp³-hybridized carbons (Fsp3) is 0.533. The zero-order valence-electron chi connectivity index (χ0n) is 15.0. The largest absolute Gasteiger partial charge is 0.354 e. The Hall–Kier alpha value is -2.56. The van der Waals surface area contributed by atoms with Crippen molar-refractivity contribution in [3.05, 3.63) is 37.9 Å². The van der Waals surface area contributed by atoms with Gasteiger partial charge in [-0.3, -0.25) is 24.3 Å². The molecule has 0 saturated carbocycles. The summed E-state index contributed by atoms with van der Waals surface area (Å²) in [5.74, 6) is -0.484. The van der Waals surface area contributed by atoms with Crippen LogP contribution >= 0.6 is 11.6 Å². The number of carbonyl (C=O) groups is 1. The van der Waals surface area contributed by atoms with Gasteiger partial charge in [-0.25, -0.2) is 8.78 Å². The standard InChI is InChI=1S/C15H19ClF2N6O3/c1-8-12(16)9(2)22(20-8)6-4-5-19-11(25)7-23-10(3)14(24(26)27)13(21-23)15(17)18/h15H,4-7H2,1-3H3,(H,19,25). The maximum atomic E-state index is 12.9. The van der Waals surface area contributed by atoms with Gasteiger partial charge < -0.3 is 5.32 Å². The summed E-state index contributed by atoms with van der Waals surface area (Å²) in [5, 5.41) is 22.0. The fourth-order valence-corrected chi connectivity index (χ4v) is 2.76. The Bertz CT molecular complexity index is 864. The van der Waals surface area contributed by atoms with Crippen molar-refractivity contribution in [2.75, 3.05) is 6.54 Å². The molecule has 1 N–H and O–H groups in total. The van der Waals surface area contributed by atoms with Gasteiger partial charge in [-0.05, 0) is 27.2 Å². The highest BCUT2D eigenvalue weighted by molar-refractivity contribution is 6.31. The minimum absolute atomic E-state index is 0.0947. The third kappa shape index (κ3) is 4.59. The van der Waals surface area contributed by atoms with Crippen molar-refractivity contribution in [3.8, 4) is 0 Å². The Morgan fingerprint density at radius 3 is 2.41 bits per heavy atom. The van der Waals surface area contributed by atoms with Crippen molar-refractivity contribution in [1.29, 1.82) is 0 Å². The summed E-state index contributed by atoms with van der Waals surface area (Å²) in [6.45, 7) is 5.39. The minimum Gasteiger partial charge on any atom is -0.354 e. The highest BCUT2D eigenvalue weighted by Crippen LogP contribution is 2.30. The van der Waals surface area contributed by atoms with Gasteiger partial charge in [-0.2, -0.15) is 10.2 Å². The predicted molar refractivity (Wildman–Crippen MR) is 92.9 cm³/mol. The Labute approximate surface area is 158 Å². The number of aromatic nitrogens is 4. The van der Waals surface area contributed by atoms with E-state index in [1.54, 1.807) is 11.6 Å². The number of aryl methyl sites for hydroxylation is 2. The smallest absolute Gasteiger partial charge is 0.319 e. The van der Waals surface area contributed by atoms with E-state index >= 15 is 0 Å². The van der Waals surface area contributed by atoms with E-state index in [-0.39, 0.29) is 12.2 Å². The summed E-state index contributed by atoms with van der Waals surface area (Å²) in [5.41, 5.74) is -0.239. The summed E-state index contributed by atoms with van der Waals surface area (Å²) in [4.78, 5) is 22.0. The van der Waals surface area contributed by atoms with E-state index in [0.717, 1.165) is 16.1 Å². The van der Waals surface area contributed by atoms with E-state index in [1.807, 2.05) is 6.92 Å². The molecule has 27 heavy (non-hydrogen) atoms. The van der Waals surface area contributed by atoms with Crippen molar-refractivity contribution in [2.45, 2.75) is 46.7 Å². The summed E-state index contributed by atoms with van der Waals surface area (Å²) >= 11 is 6.06. The first-order valence-corrected chi connectivity index (χ1v) is 8.47. The van der Waals surface area contributed by atoms with Crippen LogP contribution in [-0.4, -0.2) is 36.9 Å². The molecule has 0 aromatic carbocycles. The first-order valence-electron chi connectivity index (χ1n) is 8.09. The molecule has 0 aliphatic carbocycles. The fourth-order valence-electron chi connectivity index (χ4n) is 2.63. The molecule has 2 aromatic rings. The SMILES string of the molecule is Cc1nn(CCCNC(=O)Cn2nc(C(F)F)c([N+](=O)[O-])c2C)c(C)c1Cl. The molecule has 2 heterocycles. The van der Waals surface area contributed by atoms with Crippen LogP contribution < -0.4 is 5.32 Å². The van der Waals surface area contributed by atoms with Gasteiger partial charge in [0.1, 0.15) is 12.2 Å². The Balaban J connectivity index is 1.91. The molecule has 1 amide bonds. The minimum atomic E-state index is -3.10. The number of nitrogens with one attached hydrogen (secondary N) is 1. The number of halogens is 3. The van der Waals surface area contributed by atoms with E-state index in [1.165, 1.54) is 6.92 Å². The zero-order chi connectivity index (χ0) is 20.3. The van der Waals surface area contributed by atoms with Crippen LogP contribution in [0.2, 0.25) is 5.02 Å². The lowest BCUT2D eigenvalue weighted by Crippen LogP contribution is -2.29. The van der Waals surface area contributed by atoms with E-state index in [0.29, 0.717) is 24.5 Å². The van der Waals surface area contributed by atoms with E-state index in [9.17, 15) is 23.7 Å². The van der Waals surface area contributed by atoms with Crippen LogP contribution in [0.4, 0.5) is 14.5 Å². The van der Waals surface area contributed by atoms with Gasteiger partial charge in [-0.15, -0.1) is 0 Å². The quantitative estimate of drug-likeness (QED) is 0.413. The molecule has 2 aromatic heterocycles. The van der Waals surface area contributed by atoms with Gasteiger partial charge >= 0.3 is 5.69 Å². The van der Waals surface area contributed by atoms with Crippen molar-refractivity contribution in [2.24, 2.45) is 0 Å². The number of hydrogen-bond donors (Lipinski definition) is 1. The van der Waals surface area contributed by atoms with Crippen LogP contribution in [-0.2, 0) is 17.9 Å². The summed E-state index contributed by atoms with van der Waals surface area (Å²) in [6.07, 6.45) is -2.52. The predicted octanol–water partition coefficient (Wildman–Crippen LogP) is 2.71. The Morgan fingerprint density at radius 2 is 1.93 bits per heavy atom. The molecule has 0 radical (unpaired) electrons. The molecule has 0 unspecified atom stereocenters. The maximum absolute atomic E-state index is 12.9. The molecule has 0 spiro atoms. The number of nitrogens with zero attached hydrogens (tertiary/aromatic N) is 5. The normalized spacial score (nSPS) is 11.2. The lowest BCUT2D eigenvalue weighted by atomic mass is 10.3. The molecule has 0 bridgehead atoms. The second kappa shape index (κ2) is 8.42. The average Bonchev–Trinajstić information content (AvgIpc) is 3.04. The summed E-state index contributed by atoms with van der Waals surface area (Å²) in [7, 11) is 0. The van der Waals surface area contributed by atoms with Gasteiger partial charge in [0, 0.05) is 13.1 Å². The van der Waals surface area contributed by atoms with Gasteiger partial charge in [0.25, 0.3) is 6.43 Å². The van der Waals surface area contributed by atoms with Crippen LogP contribution in [0.3, 0.4) is 0 Å². The first-order chi connectivity index (χ1) is 12.6. The average molecular weight is 405 g/mol. The number of rotatable bonds is 8. The van der Waals surface area contributed by atoms with Crippen LogP contribution in [0.25, 0.3) is 0 Å². The second-order valence-corrected chi connectivity index (χ2v) is 6.32. The molecule has 12 heteroatoms.